The van der Waals surface area contributed by atoms with Crippen molar-refractivity contribution in [2.45, 2.75) is 103 Å². The number of rotatable bonds is 6. The molecule has 0 aromatic rings. The second kappa shape index (κ2) is 9.37. The van der Waals surface area contributed by atoms with Gasteiger partial charge in [0.25, 0.3) is 0 Å². The predicted molar refractivity (Wildman–Crippen MR) is 129 cm³/mol. The maximum Gasteiger partial charge on any atom is 0.102 e. The van der Waals surface area contributed by atoms with Gasteiger partial charge < -0.3 is 15.3 Å². The largest absolute Gasteiger partial charge is 0.390 e. The van der Waals surface area contributed by atoms with E-state index in [1.807, 2.05) is 13.8 Å². The lowest BCUT2D eigenvalue weighted by Crippen LogP contribution is -2.36. The Hall–Kier alpha value is -1.16. The van der Waals surface area contributed by atoms with Crippen molar-refractivity contribution in [3.63, 3.8) is 0 Å². The Labute approximate surface area is 189 Å². The lowest BCUT2D eigenvalue weighted by molar-refractivity contribution is 0.0596. The average molecular weight is 429 g/mol. The minimum absolute atomic E-state index is 0.355. The molecule has 0 aromatic heterocycles. The number of fused-ring (bicyclic) bond motifs is 1. The Morgan fingerprint density at radius 2 is 1.90 bits per heavy atom. The van der Waals surface area contributed by atoms with Crippen LogP contribution in [0.15, 0.2) is 47.6 Å². The third-order valence-electron chi connectivity index (χ3n) is 8.61. The zero-order valence-electron chi connectivity index (χ0n) is 20.2. The van der Waals surface area contributed by atoms with Crippen LogP contribution in [0.5, 0.6) is 0 Å². The lowest BCUT2D eigenvalue weighted by Gasteiger charge is -2.44. The standard InChI is InChI=1S/C28H44O3/c1-18(9-7-15-27(4,5)31)23-13-14-24-21(10-8-16-28(23,24)6)11-12-22-17-25(29)20(3)26(30)19(22)2/h11-12,18,23-26,29-31H,2-3,7-10,13-17H2,1,4-6H3/b21-11+,22-12-/t18-,23-,24+,25-,26-,28-/m1/s1. The highest BCUT2D eigenvalue weighted by molar-refractivity contribution is 5.45. The first-order chi connectivity index (χ1) is 14.4. The van der Waals surface area contributed by atoms with E-state index >= 15 is 0 Å². The van der Waals surface area contributed by atoms with Crippen LogP contribution >= 0.6 is 0 Å². The quantitative estimate of drug-likeness (QED) is 0.464. The summed E-state index contributed by atoms with van der Waals surface area (Å²) < 4.78 is 0. The number of aliphatic hydroxyl groups excluding tert-OH is 2. The molecule has 3 nitrogen and oxygen atoms in total. The monoisotopic (exact) mass is 428 g/mol. The van der Waals surface area contributed by atoms with Gasteiger partial charge >= 0.3 is 0 Å². The summed E-state index contributed by atoms with van der Waals surface area (Å²) >= 11 is 0. The summed E-state index contributed by atoms with van der Waals surface area (Å²) in [5.74, 6) is 2.05. The summed E-state index contributed by atoms with van der Waals surface area (Å²) in [6, 6.07) is 0. The molecule has 174 valence electrons. The van der Waals surface area contributed by atoms with Gasteiger partial charge in [0.1, 0.15) is 6.10 Å². The van der Waals surface area contributed by atoms with Gasteiger partial charge in [-0.2, -0.15) is 0 Å². The number of hydrogen-bond acceptors (Lipinski definition) is 3. The van der Waals surface area contributed by atoms with Gasteiger partial charge in [0.15, 0.2) is 0 Å². The fraction of sp³-hybridized carbons (Fsp3) is 0.714. The third kappa shape index (κ3) is 5.26. The molecule has 3 aliphatic carbocycles. The van der Waals surface area contributed by atoms with Crippen LogP contribution in [0.4, 0.5) is 0 Å². The van der Waals surface area contributed by atoms with Crippen molar-refractivity contribution < 1.29 is 15.3 Å². The third-order valence-corrected chi connectivity index (χ3v) is 8.61. The molecule has 0 spiro atoms. The van der Waals surface area contributed by atoms with Crippen LogP contribution in [0, 0.1) is 23.2 Å². The maximum atomic E-state index is 10.3. The van der Waals surface area contributed by atoms with Crippen LogP contribution in [0.1, 0.15) is 85.5 Å². The normalized spacial score (nSPS) is 38.0. The molecule has 0 aliphatic heterocycles. The van der Waals surface area contributed by atoms with Crippen molar-refractivity contribution in [3.8, 4) is 0 Å². The molecule has 31 heavy (non-hydrogen) atoms. The number of allylic oxidation sites excluding steroid dienone is 3. The fourth-order valence-corrected chi connectivity index (χ4v) is 6.71. The zero-order chi connectivity index (χ0) is 23.0. The van der Waals surface area contributed by atoms with Gasteiger partial charge in [-0.05, 0) is 92.3 Å². The molecule has 0 aromatic carbocycles. The SMILES string of the molecule is C=C1/C(=C\C=C2/CCC[C@]3(C)[C@@H]([C@H](C)CCCC(C)(C)O)CC[C@@H]23)C[C@@H](O)C(=C)[C@@H]1O. The molecule has 0 saturated heterocycles. The number of hydrogen-bond donors (Lipinski definition) is 3. The summed E-state index contributed by atoms with van der Waals surface area (Å²) in [6.45, 7) is 16.6. The molecule has 0 radical (unpaired) electrons. The molecule has 0 unspecified atom stereocenters. The van der Waals surface area contributed by atoms with E-state index in [0.717, 1.165) is 30.8 Å². The van der Waals surface area contributed by atoms with Gasteiger partial charge in [0.2, 0.25) is 0 Å². The van der Waals surface area contributed by atoms with Crippen molar-refractivity contribution in [2.24, 2.45) is 23.2 Å². The highest BCUT2D eigenvalue weighted by Crippen LogP contribution is 2.60. The van der Waals surface area contributed by atoms with Crippen LogP contribution < -0.4 is 0 Å². The highest BCUT2D eigenvalue weighted by Gasteiger charge is 2.50. The zero-order valence-corrected chi connectivity index (χ0v) is 20.2. The fourth-order valence-electron chi connectivity index (χ4n) is 6.71. The van der Waals surface area contributed by atoms with Crippen molar-refractivity contribution in [3.05, 3.63) is 47.6 Å². The average Bonchev–Trinajstić information content (AvgIpc) is 3.04. The van der Waals surface area contributed by atoms with Crippen LogP contribution in [0.3, 0.4) is 0 Å². The minimum atomic E-state index is -0.842. The summed E-state index contributed by atoms with van der Waals surface area (Å²) in [7, 11) is 0. The predicted octanol–water partition coefficient (Wildman–Crippen LogP) is 5.87. The first-order valence-electron chi connectivity index (χ1n) is 12.3. The van der Waals surface area contributed by atoms with Crippen LogP contribution in [0.2, 0.25) is 0 Å². The van der Waals surface area contributed by atoms with Crippen molar-refractivity contribution >= 4 is 0 Å². The molecule has 3 fully saturated rings. The molecule has 3 saturated carbocycles. The van der Waals surface area contributed by atoms with E-state index in [9.17, 15) is 15.3 Å². The van der Waals surface area contributed by atoms with Gasteiger partial charge in [0, 0.05) is 6.42 Å². The Balaban J connectivity index is 1.72. The molecule has 3 rings (SSSR count). The summed E-state index contributed by atoms with van der Waals surface area (Å²) in [6.07, 6.45) is 12.7. The molecule has 6 atom stereocenters. The maximum absolute atomic E-state index is 10.3. The lowest BCUT2D eigenvalue weighted by atomic mass is 9.60. The van der Waals surface area contributed by atoms with Gasteiger partial charge in [-0.1, -0.05) is 57.6 Å². The van der Waals surface area contributed by atoms with Crippen LogP contribution in [-0.4, -0.2) is 33.1 Å². The molecule has 0 amide bonds. The molecular weight excluding hydrogens is 384 g/mol. The van der Waals surface area contributed by atoms with E-state index in [1.165, 1.54) is 37.7 Å². The van der Waals surface area contributed by atoms with Gasteiger partial charge in [-0.25, -0.2) is 0 Å². The van der Waals surface area contributed by atoms with E-state index in [4.69, 9.17) is 0 Å². The molecule has 3 N–H and O–H groups in total. The summed E-state index contributed by atoms with van der Waals surface area (Å²) in [4.78, 5) is 0. The first-order valence-corrected chi connectivity index (χ1v) is 12.3. The van der Waals surface area contributed by atoms with Crippen LogP contribution in [0.25, 0.3) is 0 Å². The smallest absolute Gasteiger partial charge is 0.102 e. The van der Waals surface area contributed by atoms with E-state index in [2.05, 4.69) is 39.2 Å². The van der Waals surface area contributed by atoms with Crippen molar-refractivity contribution in [2.75, 3.05) is 0 Å². The molecule has 0 heterocycles. The highest BCUT2D eigenvalue weighted by atomic mass is 16.3. The molecule has 3 aliphatic rings. The van der Waals surface area contributed by atoms with Gasteiger partial charge in [-0.15, -0.1) is 0 Å². The molecule has 3 heteroatoms. The van der Waals surface area contributed by atoms with Gasteiger partial charge in [-0.3, -0.25) is 0 Å². The topological polar surface area (TPSA) is 60.7 Å². The first kappa shape index (κ1) is 24.5. The van der Waals surface area contributed by atoms with Crippen molar-refractivity contribution in [1.82, 2.24) is 0 Å². The summed E-state index contributed by atoms with van der Waals surface area (Å²) in [5, 5.41) is 30.5. The Morgan fingerprint density at radius 3 is 2.58 bits per heavy atom. The summed E-state index contributed by atoms with van der Waals surface area (Å²) in [5.41, 5.74) is 3.41. The number of aliphatic hydroxyl groups is 3. The van der Waals surface area contributed by atoms with E-state index < -0.39 is 17.8 Å². The van der Waals surface area contributed by atoms with Crippen LogP contribution in [-0.2, 0) is 0 Å². The Kier molecular flexibility index (Phi) is 7.40. The van der Waals surface area contributed by atoms with Crippen molar-refractivity contribution in [1.29, 1.82) is 0 Å². The molecule has 0 bridgehead atoms. The van der Waals surface area contributed by atoms with Gasteiger partial charge in [0.05, 0.1) is 11.7 Å². The van der Waals surface area contributed by atoms with E-state index in [0.29, 0.717) is 34.8 Å². The molecular formula is C28H44O3. The van der Waals surface area contributed by atoms with E-state index in [-0.39, 0.29) is 0 Å². The second-order valence-corrected chi connectivity index (χ2v) is 11.4. The Morgan fingerprint density at radius 1 is 1.19 bits per heavy atom. The van der Waals surface area contributed by atoms with E-state index in [1.54, 1.807) is 0 Å². The minimum Gasteiger partial charge on any atom is -0.390 e. The Bertz CT molecular complexity index is 753. The second-order valence-electron chi connectivity index (χ2n) is 11.4.